The Morgan fingerprint density at radius 3 is 2.10 bits per heavy atom. The van der Waals surface area contributed by atoms with Gasteiger partial charge >= 0.3 is 6.09 Å². The minimum absolute atomic E-state index is 0.0237. The third-order valence-corrected chi connectivity index (χ3v) is 5.21. The molecule has 8 heteroatoms. The maximum absolute atomic E-state index is 12.6. The third kappa shape index (κ3) is 8.24. The molecule has 162 valence electrons. The summed E-state index contributed by atoms with van der Waals surface area (Å²) in [6.45, 7) is 4.06. The number of hydrogen-bond donors (Lipinski definition) is 2. The zero-order chi connectivity index (χ0) is 22.1. The van der Waals surface area contributed by atoms with E-state index in [2.05, 4.69) is 10.6 Å². The quantitative estimate of drug-likeness (QED) is 0.634. The lowest BCUT2D eigenvalue weighted by molar-refractivity contribution is -0.124. The molecule has 0 fully saturated rings. The molecule has 0 aromatic heterocycles. The smallest absolute Gasteiger partial charge is 0.408 e. The predicted octanol–water partition coefficient (Wildman–Crippen LogP) is 2.80. The first kappa shape index (κ1) is 23.4. The van der Waals surface area contributed by atoms with Crippen molar-refractivity contribution in [1.29, 1.82) is 0 Å². The Kier molecular flexibility index (Phi) is 8.41. The second-order valence-electron chi connectivity index (χ2n) is 7.53. The third-order valence-electron chi connectivity index (χ3n) is 4.35. The largest absolute Gasteiger partial charge is 0.445 e. The zero-order valence-electron chi connectivity index (χ0n) is 17.4. The minimum atomic E-state index is -3.09. The molecule has 7 nitrogen and oxygen atoms in total. The molecule has 0 bridgehead atoms. The van der Waals surface area contributed by atoms with Crippen molar-refractivity contribution < 1.29 is 22.7 Å². The Bertz CT molecular complexity index is 941. The van der Waals surface area contributed by atoms with Crippen molar-refractivity contribution in [1.82, 2.24) is 10.6 Å². The van der Waals surface area contributed by atoms with Crippen LogP contribution in [0.2, 0.25) is 0 Å². The average molecular weight is 433 g/mol. The predicted molar refractivity (Wildman–Crippen MR) is 115 cm³/mol. The Hall–Kier alpha value is -2.87. The number of alkyl carbamates (subject to hydrolysis) is 1. The molecule has 0 saturated heterocycles. The van der Waals surface area contributed by atoms with E-state index >= 15 is 0 Å². The molecule has 0 aliphatic carbocycles. The van der Waals surface area contributed by atoms with E-state index in [1.807, 2.05) is 44.2 Å². The van der Waals surface area contributed by atoms with Gasteiger partial charge in [0.1, 0.15) is 12.6 Å². The SMILES string of the molecule is CC(C)[C@H](NC(=O)OCc1ccccc1)C(=O)NCc1ccc(CS(C)(=O)=O)cc1. The van der Waals surface area contributed by atoms with E-state index in [-0.39, 0.29) is 30.7 Å². The number of hydrogen-bond acceptors (Lipinski definition) is 5. The molecule has 0 aliphatic rings. The van der Waals surface area contributed by atoms with E-state index in [0.29, 0.717) is 5.56 Å². The number of carbonyl (C=O) groups is 2. The van der Waals surface area contributed by atoms with Gasteiger partial charge in [-0.2, -0.15) is 0 Å². The van der Waals surface area contributed by atoms with Crippen LogP contribution in [0.15, 0.2) is 54.6 Å². The first-order valence-corrected chi connectivity index (χ1v) is 11.7. The summed E-state index contributed by atoms with van der Waals surface area (Å²) in [5.74, 6) is -0.474. The molecule has 0 unspecified atom stereocenters. The summed E-state index contributed by atoms with van der Waals surface area (Å²) in [5.41, 5.74) is 2.38. The molecular formula is C22H28N2O5S. The van der Waals surface area contributed by atoms with Crippen LogP contribution in [-0.2, 0) is 38.3 Å². The van der Waals surface area contributed by atoms with Crippen LogP contribution in [0, 0.1) is 5.92 Å². The number of benzene rings is 2. The fourth-order valence-electron chi connectivity index (χ4n) is 2.78. The number of ether oxygens (including phenoxy) is 1. The summed E-state index contributed by atoms with van der Waals surface area (Å²) < 4.78 is 27.9. The molecule has 0 heterocycles. The van der Waals surface area contributed by atoms with E-state index in [1.54, 1.807) is 24.3 Å². The van der Waals surface area contributed by atoms with Crippen molar-refractivity contribution in [2.24, 2.45) is 5.92 Å². The fraction of sp³-hybridized carbons (Fsp3) is 0.364. The van der Waals surface area contributed by atoms with Crippen LogP contribution < -0.4 is 10.6 Å². The Morgan fingerprint density at radius 2 is 1.53 bits per heavy atom. The van der Waals surface area contributed by atoms with Gasteiger partial charge in [0.25, 0.3) is 0 Å². The van der Waals surface area contributed by atoms with Crippen molar-refractivity contribution in [3.8, 4) is 0 Å². The number of amides is 2. The van der Waals surface area contributed by atoms with Crippen LogP contribution in [0.5, 0.6) is 0 Å². The number of sulfone groups is 1. The van der Waals surface area contributed by atoms with Crippen molar-refractivity contribution in [2.75, 3.05) is 6.26 Å². The fourth-order valence-corrected chi connectivity index (χ4v) is 3.58. The van der Waals surface area contributed by atoms with E-state index < -0.39 is 22.0 Å². The molecule has 0 radical (unpaired) electrons. The summed E-state index contributed by atoms with van der Waals surface area (Å²) in [6.07, 6.45) is 0.531. The topological polar surface area (TPSA) is 102 Å². The molecule has 2 amide bonds. The van der Waals surface area contributed by atoms with Crippen LogP contribution in [0.3, 0.4) is 0 Å². The average Bonchev–Trinajstić information content (AvgIpc) is 2.69. The summed E-state index contributed by atoms with van der Waals surface area (Å²) in [4.78, 5) is 24.7. The highest BCUT2D eigenvalue weighted by molar-refractivity contribution is 7.89. The molecule has 0 saturated carbocycles. The lowest BCUT2D eigenvalue weighted by Gasteiger charge is -2.21. The van der Waals surface area contributed by atoms with Gasteiger partial charge in [0.15, 0.2) is 9.84 Å². The standard InChI is InChI=1S/C22H28N2O5S/c1-16(2)20(24-22(26)29-14-18-7-5-4-6-8-18)21(25)23-13-17-9-11-19(12-10-17)15-30(3,27)28/h4-12,16,20H,13-15H2,1-3H3,(H,23,25)(H,24,26)/t20-/m0/s1. The Morgan fingerprint density at radius 1 is 0.933 bits per heavy atom. The van der Waals surface area contributed by atoms with Gasteiger partial charge in [-0.05, 0) is 22.6 Å². The van der Waals surface area contributed by atoms with Gasteiger partial charge in [-0.25, -0.2) is 13.2 Å². The van der Waals surface area contributed by atoms with E-state index in [4.69, 9.17) is 4.74 Å². The van der Waals surface area contributed by atoms with Gasteiger partial charge in [-0.3, -0.25) is 4.79 Å². The van der Waals surface area contributed by atoms with Gasteiger partial charge in [-0.15, -0.1) is 0 Å². The van der Waals surface area contributed by atoms with Crippen LogP contribution in [0.25, 0.3) is 0 Å². The lowest BCUT2D eigenvalue weighted by Crippen LogP contribution is -2.49. The van der Waals surface area contributed by atoms with Gasteiger partial charge in [0.05, 0.1) is 5.75 Å². The molecule has 2 rings (SSSR count). The normalized spacial score (nSPS) is 12.3. The van der Waals surface area contributed by atoms with Crippen LogP contribution in [0.4, 0.5) is 4.79 Å². The Labute approximate surface area is 177 Å². The van der Waals surface area contributed by atoms with E-state index in [1.165, 1.54) is 6.26 Å². The van der Waals surface area contributed by atoms with Gasteiger partial charge in [-0.1, -0.05) is 68.4 Å². The number of carbonyl (C=O) groups excluding carboxylic acids is 2. The van der Waals surface area contributed by atoms with Crippen molar-refractivity contribution in [3.63, 3.8) is 0 Å². The molecule has 30 heavy (non-hydrogen) atoms. The summed E-state index contributed by atoms with van der Waals surface area (Å²) in [6, 6.07) is 15.5. The van der Waals surface area contributed by atoms with Gasteiger partial charge in [0, 0.05) is 12.8 Å². The van der Waals surface area contributed by atoms with E-state index in [0.717, 1.165) is 11.1 Å². The first-order valence-electron chi connectivity index (χ1n) is 9.64. The van der Waals surface area contributed by atoms with Gasteiger partial charge in [0.2, 0.25) is 5.91 Å². The molecule has 2 aromatic carbocycles. The second-order valence-corrected chi connectivity index (χ2v) is 9.67. The van der Waals surface area contributed by atoms with Gasteiger partial charge < -0.3 is 15.4 Å². The highest BCUT2D eigenvalue weighted by Crippen LogP contribution is 2.09. The molecular weight excluding hydrogens is 404 g/mol. The summed E-state index contributed by atoms with van der Waals surface area (Å²) in [7, 11) is -3.09. The molecule has 2 N–H and O–H groups in total. The second kappa shape index (κ2) is 10.8. The maximum Gasteiger partial charge on any atom is 0.408 e. The maximum atomic E-state index is 12.6. The summed E-state index contributed by atoms with van der Waals surface area (Å²) in [5, 5.41) is 5.42. The van der Waals surface area contributed by atoms with Crippen molar-refractivity contribution >= 4 is 21.8 Å². The van der Waals surface area contributed by atoms with Crippen molar-refractivity contribution in [2.45, 2.75) is 38.8 Å². The lowest BCUT2D eigenvalue weighted by atomic mass is 10.0. The van der Waals surface area contributed by atoms with Crippen LogP contribution in [-0.4, -0.2) is 32.7 Å². The van der Waals surface area contributed by atoms with Crippen LogP contribution >= 0.6 is 0 Å². The first-order chi connectivity index (χ1) is 14.1. The molecule has 0 spiro atoms. The monoisotopic (exact) mass is 432 g/mol. The minimum Gasteiger partial charge on any atom is -0.445 e. The van der Waals surface area contributed by atoms with Crippen molar-refractivity contribution in [3.05, 3.63) is 71.3 Å². The van der Waals surface area contributed by atoms with E-state index in [9.17, 15) is 18.0 Å². The highest BCUT2D eigenvalue weighted by atomic mass is 32.2. The number of nitrogens with one attached hydrogen (secondary N) is 2. The summed E-state index contributed by atoms with van der Waals surface area (Å²) >= 11 is 0. The zero-order valence-corrected chi connectivity index (χ0v) is 18.2. The highest BCUT2D eigenvalue weighted by Gasteiger charge is 2.24. The molecule has 2 aromatic rings. The Balaban J connectivity index is 1.86. The van der Waals surface area contributed by atoms with Crippen LogP contribution in [0.1, 0.15) is 30.5 Å². The molecule has 0 aliphatic heterocycles. The molecule has 1 atom stereocenters. The number of rotatable bonds is 9.